The van der Waals surface area contributed by atoms with Crippen LogP contribution in [-0.4, -0.2) is 24.0 Å². The van der Waals surface area contributed by atoms with Crippen molar-refractivity contribution in [1.29, 1.82) is 0 Å². The molecule has 0 unspecified atom stereocenters. The van der Waals surface area contributed by atoms with Gasteiger partial charge in [-0.05, 0) is 19.1 Å². The summed E-state index contributed by atoms with van der Waals surface area (Å²) in [4.78, 5) is 2.31. The second kappa shape index (κ2) is 3.69. The predicted molar refractivity (Wildman–Crippen MR) is 64.8 cm³/mol. The van der Waals surface area contributed by atoms with Crippen molar-refractivity contribution >= 4 is 11.4 Å². The van der Waals surface area contributed by atoms with Crippen LogP contribution < -0.4 is 4.90 Å². The van der Waals surface area contributed by atoms with Gasteiger partial charge in [-0.15, -0.1) is 0 Å². The summed E-state index contributed by atoms with van der Waals surface area (Å²) in [5.41, 5.74) is 5.54. The lowest BCUT2D eigenvalue weighted by Crippen LogP contribution is -2.36. The second-order valence-corrected chi connectivity index (χ2v) is 4.62. The van der Waals surface area contributed by atoms with E-state index in [2.05, 4.69) is 55.5 Å². The Hall–Kier alpha value is -1.31. The third-order valence-electron chi connectivity index (χ3n) is 3.02. The SMILES string of the molecule is CC(C)=[N+]1Cc2cc(C)ccc2N(C)C1. The fourth-order valence-corrected chi connectivity index (χ4v) is 2.10. The molecule has 1 aromatic carbocycles. The lowest BCUT2D eigenvalue weighted by Gasteiger charge is -2.26. The molecule has 0 aromatic heterocycles. The Labute approximate surface area is 91.8 Å². The molecule has 0 aliphatic carbocycles. The number of fused-ring (bicyclic) bond motifs is 1. The minimum atomic E-state index is 0.998. The summed E-state index contributed by atoms with van der Waals surface area (Å²) in [6, 6.07) is 6.71. The van der Waals surface area contributed by atoms with Gasteiger partial charge in [0.25, 0.3) is 0 Å². The van der Waals surface area contributed by atoms with Crippen LogP contribution in [0.25, 0.3) is 0 Å². The first-order chi connectivity index (χ1) is 7.08. The molecule has 0 saturated carbocycles. The largest absolute Gasteiger partial charge is 0.320 e. The maximum atomic E-state index is 2.40. The van der Waals surface area contributed by atoms with Crippen molar-refractivity contribution in [2.75, 3.05) is 18.6 Å². The van der Waals surface area contributed by atoms with E-state index in [-0.39, 0.29) is 0 Å². The molecular formula is C13H19N2+. The molecule has 2 nitrogen and oxygen atoms in total. The quantitative estimate of drug-likeness (QED) is 0.587. The average molecular weight is 203 g/mol. The van der Waals surface area contributed by atoms with Gasteiger partial charge in [-0.1, -0.05) is 11.6 Å². The molecule has 0 saturated heterocycles. The maximum Gasteiger partial charge on any atom is 0.218 e. The van der Waals surface area contributed by atoms with E-state index >= 15 is 0 Å². The van der Waals surface area contributed by atoms with Crippen LogP contribution in [0.2, 0.25) is 0 Å². The average Bonchev–Trinajstić information content (AvgIpc) is 2.16. The lowest BCUT2D eigenvalue weighted by atomic mass is 10.1. The minimum absolute atomic E-state index is 0.998. The Bertz CT molecular complexity index is 415. The number of anilines is 1. The number of aryl methyl sites for hydroxylation is 1. The molecule has 2 heteroatoms. The van der Waals surface area contributed by atoms with Crippen LogP contribution in [0.15, 0.2) is 18.2 Å². The van der Waals surface area contributed by atoms with Crippen LogP contribution in [0.4, 0.5) is 5.69 Å². The van der Waals surface area contributed by atoms with Crippen molar-refractivity contribution in [2.45, 2.75) is 27.3 Å². The summed E-state index contributed by atoms with van der Waals surface area (Å²) < 4.78 is 2.40. The molecule has 0 fully saturated rings. The summed E-state index contributed by atoms with van der Waals surface area (Å²) in [5, 5.41) is 0. The van der Waals surface area contributed by atoms with Gasteiger partial charge in [0.15, 0.2) is 6.54 Å². The lowest BCUT2D eigenvalue weighted by molar-refractivity contribution is -0.546. The first-order valence-electron chi connectivity index (χ1n) is 5.43. The van der Waals surface area contributed by atoms with Crippen LogP contribution in [0.5, 0.6) is 0 Å². The van der Waals surface area contributed by atoms with Gasteiger partial charge in [-0.2, -0.15) is 0 Å². The number of rotatable bonds is 0. The topological polar surface area (TPSA) is 6.25 Å². The molecule has 0 amide bonds. The fourth-order valence-electron chi connectivity index (χ4n) is 2.10. The Kier molecular flexibility index (Phi) is 2.51. The van der Waals surface area contributed by atoms with Gasteiger partial charge in [-0.25, -0.2) is 4.58 Å². The number of nitrogens with zero attached hydrogens (tertiary/aromatic N) is 2. The highest BCUT2D eigenvalue weighted by atomic mass is 15.3. The summed E-state index contributed by atoms with van der Waals surface area (Å²) in [5.74, 6) is 0. The van der Waals surface area contributed by atoms with Gasteiger partial charge in [0.1, 0.15) is 5.71 Å². The number of benzene rings is 1. The van der Waals surface area contributed by atoms with Gasteiger partial charge in [0.2, 0.25) is 6.67 Å². The Morgan fingerprint density at radius 3 is 2.73 bits per heavy atom. The first kappa shape index (κ1) is 10.2. The molecule has 1 aliphatic heterocycles. The maximum absolute atomic E-state index is 2.40. The smallest absolute Gasteiger partial charge is 0.218 e. The zero-order chi connectivity index (χ0) is 11.0. The standard InChI is InChI=1S/C13H19N2/c1-10(2)15-8-12-7-11(3)5-6-13(12)14(4)9-15/h5-7H,8-9H2,1-4H3/q+1. The molecule has 80 valence electrons. The van der Waals surface area contributed by atoms with Crippen molar-refractivity contribution in [2.24, 2.45) is 0 Å². The third kappa shape index (κ3) is 1.89. The van der Waals surface area contributed by atoms with Crippen LogP contribution in [0, 0.1) is 6.92 Å². The van der Waals surface area contributed by atoms with Crippen LogP contribution in [0.3, 0.4) is 0 Å². The zero-order valence-corrected chi connectivity index (χ0v) is 10.0. The van der Waals surface area contributed by atoms with Gasteiger partial charge >= 0.3 is 0 Å². The van der Waals surface area contributed by atoms with Gasteiger partial charge in [0.05, 0.1) is 5.69 Å². The molecule has 2 rings (SSSR count). The van der Waals surface area contributed by atoms with Gasteiger partial charge < -0.3 is 4.90 Å². The molecule has 0 spiro atoms. The molecular weight excluding hydrogens is 184 g/mol. The van der Waals surface area contributed by atoms with E-state index in [1.165, 1.54) is 22.5 Å². The molecule has 0 radical (unpaired) electrons. The zero-order valence-electron chi connectivity index (χ0n) is 10.0. The highest BCUT2D eigenvalue weighted by molar-refractivity contribution is 5.74. The highest BCUT2D eigenvalue weighted by Gasteiger charge is 2.22. The van der Waals surface area contributed by atoms with Crippen molar-refractivity contribution in [1.82, 2.24) is 0 Å². The molecule has 1 aliphatic rings. The van der Waals surface area contributed by atoms with Crippen LogP contribution in [0.1, 0.15) is 25.0 Å². The van der Waals surface area contributed by atoms with Crippen LogP contribution >= 0.6 is 0 Å². The van der Waals surface area contributed by atoms with Crippen molar-refractivity contribution in [3.63, 3.8) is 0 Å². The van der Waals surface area contributed by atoms with E-state index in [0.717, 1.165) is 13.2 Å². The molecule has 0 atom stereocenters. The van der Waals surface area contributed by atoms with E-state index < -0.39 is 0 Å². The van der Waals surface area contributed by atoms with E-state index in [0.29, 0.717) is 0 Å². The predicted octanol–water partition coefficient (Wildman–Crippen LogP) is 2.40. The third-order valence-corrected chi connectivity index (χ3v) is 3.02. The first-order valence-corrected chi connectivity index (χ1v) is 5.43. The molecule has 1 heterocycles. The van der Waals surface area contributed by atoms with E-state index in [4.69, 9.17) is 0 Å². The number of hydrogen-bond donors (Lipinski definition) is 0. The summed E-state index contributed by atoms with van der Waals surface area (Å²) in [6.45, 7) is 8.55. The van der Waals surface area contributed by atoms with Crippen molar-refractivity contribution < 1.29 is 4.58 Å². The van der Waals surface area contributed by atoms with Gasteiger partial charge in [0, 0.05) is 26.5 Å². The van der Waals surface area contributed by atoms with E-state index in [9.17, 15) is 0 Å². The minimum Gasteiger partial charge on any atom is -0.320 e. The Morgan fingerprint density at radius 1 is 1.33 bits per heavy atom. The van der Waals surface area contributed by atoms with Crippen LogP contribution in [-0.2, 0) is 6.54 Å². The number of hydrogen-bond acceptors (Lipinski definition) is 1. The summed E-state index contributed by atoms with van der Waals surface area (Å²) in [7, 11) is 2.16. The Morgan fingerprint density at radius 2 is 2.07 bits per heavy atom. The summed E-state index contributed by atoms with van der Waals surface area (Å²) >= 11 is 0. The van der Waals surface area contributed by atoms with Gasteiger partial charge in [-0.3, -0.25) is 0 Å². The summed E-state index contributed by atoms with van der Waals surface area (Å²) in [6.07, 6.45) is 0. The monoisotopic (exact) mass is 203 g/mol. The normalized spacial score (nSPS) is 15.2. The van der Waals surface area contributed by atoms with Crippen molar-refractivity contribution in [3.05, 3.63) is 29.3 Å². The fraction of sp³-hybridized carbons (Fsp3) is 0.462. The van der Waals surface area contributed by atoms with E-state index in [1.54, 1.807) is 0 Å². The molecule has 0 bridgehead atoms. The van der Waals surface area contributed by atoms with Crippen molar-refractivity contribution in [3.8, 4) is 0 Å². The molecule has 0 N–H and O–H groups in total. The van der Waals surface area contributed by atoms with E-state index in [1.807, 2.05) is 0 Å². The second-order valence-electron chi connectivity index (χ2n) is 4.62. The highest BCUT2D eigenvalue weighted by Crippen LogP contribution is 2.25. The Balaban J connectivity index is 2.46. The molecule has 15 heavy (non-hydrogen) atoms. The molecule has 1 aromatic rings.